The Kier molecular flexibility index (Phi) is 4.77. The molecule has 1 N–H and O–H groups in total. The fourth-order valence-electron chi connectivity index (χ4n) is 3.35. The molecule has 0 unspecified atom stereocenters. The summed E-state index contributed by atoms with van der Waals surface area (Å²) in [5.74, 6) is 1.34. The zero-order chi connectivity index (χ0) is 19.5. The Morgan fingerprint density at radius 2 is 1.57 bits per heavy atom. The average Bonchev–Trinajstić information content (AvgIpc) is 3.20. The number of nitrogens with zero attached hydrogens (tertiary/aromatic N) is 1. The molecule has 4 nitrogen and oxygen atoms in total. The molecule has 0 fully saturated rings. The normalized spacial score (nSPS) is 10.6. The molecular weight excluding hydrogens is 348 g/mol. The molecule has 4 aromatic rings. The Morgan fingerprint density at radius 1 is 0.929 bits per heavy atom. The third-order valence-corrected chi connectivity index (χ3v) is 4.76. The van der Waals surface area contributed by atoms with Crippen molar-refractivity contribution in [3.63, 3.8) is 0 Å². The summed E-state index contributed by atoms with van der Waals surface area (Å²) in [6.07, 6.45) is 0.837. The summed E-state index contributed by atoms with van der Waals surface area (Å²) in [6, 6.07) is 23.8. The van der Waals surface area contributed by atoms with Crippen LogP contribution in [0.25, 0.3) is 33.9 Å². The molecule has 1 heterocycles. The molecule has 28 heavy (non-hydrogen) atoms. The first-order valence-electron chi connectivity index (χ1n) is 9.06. The molecule has 0 aliphatic heterocycles. The van der Waals surface area contributed by atoms with E-state index in [2.05, 4.69) is 4.98 Å². The van der Waals surface area contributed by atoms with Crippen molar-refractivity contribution in [3.05, 3.63) is 83.9 Å². The molecule has 1 aromatic heterocycles. The molecule has 0 radical (unpaired) electrons. The Morgan fingerprint density at radius 3 is 2.18 bits per heavy atom. The number of H-pyrrole nitrogens is 1. The fourth-order valence-corrected chi connectivity index (χ4v) is 3.35. The second-order valence-corrected chi connectivity index (χ2v) is 6.57. The SMILES string of the molecule is COc1cc(C=O)c(-c2nc(-c3ccccc3)c(-c3ccccc3)[nH]2)cc1C. The topological polar surface area (TPSA) is 55.0 Å². The number of carbonyl (C=O) groups excluding carboxylic acids is 1. The number of nitrogens with one attached hydrogen (secondary N) is 1. The number of hydrogen-bond donors (Lipinski definition) is 1. The van der Waals surface area contributed by atoms with E-state index in [1.165, 1.54) is 0 Å². The number of benzene rings is 3. The van der Waals surface area contributed by atoms with Gasteiger partial charge in [-0.25, -0.2) is 4.98 Å². The Hall–Kier alpha value is -3.66. The summed E-state index contributed by atoms with van der Waals surface area (Å²) in [7, 11) is 1.60. The molecule has 0 bridgehead atoms. The van der Waals surface area contributed by atoms with Crippen LogP contribution in [-0.2, 0) is 0 Å². The maximum atomic E-state index is 11.7. The number of methoxy groups -OCH3 is 1. The van der Waals surface area contributed by atoms with Crippen molar-refractivity contribution in [1.29, 1.82) is 0 Å². The second-order valence-electron chi connectivity index (χ2n) is 6.57. The number of aldehydes is 1. The number of aromatic nitrogens is 2. The average molecular weight is 368 g/mol. The minimum atomic E-state index is 0.537. The van der Waals surface area contributed by atoms with Crippen LogP contribution in [0, 0.1) is 6.92 Å². The maximum absolute atomic E-state index is 11.7. The van der Waals surface area contributed by atoms with E-state index in [-0.39, 0.29) is 0 Å². The van der Waals surface area contributed by atoms with Crippen molar-refractivity contribution < 1.29 is 9.53 Å². The van der Waals surface area contributed by atoms with Crippen LogP contribution in [0.1, 0.15) is 15.9 Å². The highest BCUT2D eigenvalue weighted by atomic mass is 16.5. The monoisotopic (exact) mass is 368 g/mol. The largest absolute Gasteiger partial charge is 0.496 e. The lowest BCUT2D eigenvalue weighted by atomic mass is 10.0. The van der Waals surface area contributed by atoms with Crippen LogP contribution in [0.15, 0.2) is 72.8 Å². The first-order chi connectivity index (χ1) is 13.7. The van der Waals surface area contributed by atoms with Crippen molar-refractivity contribution in [2.45, 2.75) is 6.92 Å². The predicted octanol–water partition coefficient (Wildman–Crippen LogP) is 5.54. The van der Waals surface area contributed by atoms with Gasteiger partial charge in [-0.05, 0) is 24.6 Å². The summed E-state index contributed by atoms with van der Waals surface area (Å²) in [6.45, 7) is 1.95. The quantitative estimate of drug-likeness (QED) is 0.471. The van der Waals surface area contributed by atoms with E-state index in [0.29, 0.717) is 17.1 Å². The van der Waals surface area contributed by atoms with Gasteiger partial charge in [0.2, 0.25) is 0 Å². The van der Waals surface area contributed by atoms with Crippen LogP contribution < -0.4 is 4.74 Å². The van der Waals surface area contributed by atoms with Gasteiger partial charge in [-0.2, -0.15) is 0 Å². The standard InChI is InChI=1S/C24H20N2O2/c1-16-13-20(19(15-27)14-21(16)28-2)24-25-22(17-9-5-3-6-10-17)23(26-24)18-11-7-4-8-12-18/h3-15H,1-2H3,(H,25,26). The highest BCUT2D eigenvalue weighted by molar-refractivity contribution is 5.89. The molecular formula is C24H20N2O2. The third-order valence-electron chi connectivity index (χ3n) is 4.76. The van der Waals surface area contributed by atoms with E-state index in [4.69, 9.17) is 9.72 Å². The lowest BCUT2D eigenvalue weighted by molar-refractivity contribution is 0.112. The van der Waals surface area contributed by atoms with Crippen LogP contribution in [-0.4, -0.2) is 23.4 Å². The molecule has 0 amide bonds. The minimum Gasteiger partial charge on any atom is -0.496 e. The summed E-state index contributed by atoms with van der Waals surface area (Å²) in [5, 5.41) is 0. The lowest BCUT2D eigenvalue weighted by Gasteiger charge is -2.09. The van der Waals surface area contributed by atoms with Gasteiger partial charge in [0.25, 0.3) is 0 Å². The van der Waals surface area contributed by atoms with Crippen molar-refractivity contribution in [1.82, 2.24) is 9.97 Å². The molecule has 0 saturated carbocycles. The summed E-state index contributed by atoms with van der Waals surface area (Å²) < 4.78 is 5.36. The molecule has 0 atom stereocenters. The number of aryl methyl sites for hydroxylation is 1. The number of carbonyl (C=O) groups is 1. The van der Waals surface area contributed by atoms with E-state index in [1.54, 1.807) is 13.2 Å². The van der Waals surface area contributed by atoms with E-state index >= 15 is 0 Å². The molecule has 4 rings (SSSR count). The van der Waals surface area contributed by atoms with Gasteiger partial charge in [0.05, 0.1) is 18.5 Å². The second kappa shape index (κ2) is 7.53. The van der Waals surface area contributed by atoms with Crippen LogP contribution in [0.5, 0.6) is 5.75 Å². The third kappa shape index (κ3) is 3.21. The van der Waals surface area contributed by atoms with Crippen LogP contribution in [0.3, 0.4) is 0 Å². The maximum Gasteiger partial charge on any atom is 0.150 e. The molecule has 0 saturated heterocycles. The Bertz CT molecular complexity index is 1060. The zero-order valence-electron chi connectivity index (χ0n) is 15.8. The van der Waals surface area contributed by atoms with Crippen molar-refractivity contribution in [2.75, 3.05) is 7.11 Å². The zero-order valence-corrected chi connectivity index (χ0v) is 15.8. The first kappa shape index (κ1) is 17.7. The molecule has 3 aromatic carbocycles. The van der Waals surface area contributed by atoms with Crippen molar-refractivity contribution in [3.8, 4) is 39.7 Å². The number of imidazole rings is 1. The number of hydrogen-bond acceptors (Lipinski definition) is 3. The van der Waals surface area contributed by atoms with Gasteiger partial charge in [-0.3, -0.25) is 4.79 Å². The van der Waals surface area contributed by atoms with Gasteiger partial charge in [0, 0.05) is 22.3 Å². The van der Waals surface area contributed by atoms with Gasteiger partial charge < -0.3 is 9.72 Å². The van der Waals surface area contributed by atoms with Gasteiger partial charge in [0.1, 0.15) is 11.6 Å². The molecule has 0 spiro atoms. The summed E-state index contributed by atoms with van der Waals surface area (Å²) >= 11 is 0. The molecule has 0 aliphatic rings. The van der Waals surface area contributed by atoms with Gasteiger partial charge in [-0.1, -0.05) is 60.7 Å². The lowest BCUT2D eigenvalue weighted by Crippen LogP contribution is -1.95. The number of rotatable bonds is 5. The summed E-state index contributed by atoms with van der Waals surface area (Å²) in [5.41, 5.74) is 6.07. The Balaban J connectivity index is 1.94. The molecule has 138 valence electrons. The predicted molar refractivity (Wildman–Crippen MR) is 112 cm³/mol. The van der Waals surface area contributed by atoms with Gasteiger partial charge >= 0.3 is 0 Å². The highest BCUT2D eigenvalue weighted by Crippen LogP contribution is 2.35. The van der Waals surface area contributed by atoms with E-state index in [1.807, 2.05) is 73.7 Å². The van der Waals surface area contributed by atoms with Crippen LogP contribution in [0.4, 0.5) is 0 Å². The summed E-state index contributed by atoms with van der Waals surface area (Å²) in [4.78, 5) is 20.0. The number of ether oxygens (including phenoxy) is 1. The van der Waals surface area contributed by atoms with Crippen molar-refractivity contribution in [2.24, 2.45) is 0 Å². The first-order valence-corrected chi connectivity index (χ1v) is 9.06. The van der Waals surface area contributed by atoms with Crippen molar-refractivity contribution >= 4 is 6.29 Å². The van der Waals surface area contributed by atoms with E-state index in [0.717, 1.165) is 39.9 Å². The van der Waals surface area contributed by atoms with Gasteiger partial charge in [0.15, 0.2) is 6.29 Å². The van der Waals surface area contributed by atoms with E-state index < -0.39 is 0 Å². The minimum absolute atomic E-state index is 0.537. The smallest absolute Gasteiger partial charge is 0.150 e. The van der Waals surface area contributed by atoms with Crippen LogP contribution >= 0.6 is 0 Å². The number of aromatic amines is 1. The fraction of sp³-hybridized carbons (Fsp3) is 0.0833. The van der Waals surface area contributed by atoms with E-state index in [9.17, 15) is 4.79 Å². The molecule has 0 aliphatic carbocycles. The highest BCUT2D eigenvalue weighted by Gasteiger charge is 2.18. The van der Waals surface area contributed by atoms with Gasteiger partial charge in [-0.15, -0.1) is 0 Å². The Labute approximate surface area is 163 Å². The van der Waals surface area contributed by atoms with Crippen LogP contribution in [0.2, 0.25) is 0 Å². The molecule has 4 heteroatoms.